The van der Waals surface area contributed by atoms with E-state index in [1.165, 1.54) is 0 Å². The summed E-state index contributed by atoms with van der Waals surface area (Å²) in [7, 11) is 0. The fourth-order valence-electron chi connectivity index (χ4n) is 1.90. The van der Waals surface area contributed by atoms with Gasteiger partial charge in [-0.1, -0.05) is 0 Å². The summed E-state index contributed by atoms with van der Waals surface area (Å²) in [6, 6.07) is 3.79. The molecule has 4 nitrogen and oxygen atoms in total. The minimum Gasteiger partial charge on any atom is -0.466 e. The molecular formula is C12H14N2O2. The molecule has 4 heteroatoms. The quantitative estimate of drug-likeness (QED) is 0.525. The highest BCUT2D eigenvalue weighted by atomic mass is 16.5. The van der Waals surface area contributed by atoms with Crippen LogP contribution in [0, 0.1) is 28.6 Å². The maximum atomic E-state index is 11.4. The average Bonchev–Trinajstić information content (AvgIpc) is 2.32. The minimum absolute atomic E-state index is 0.0673. The summed E-state index contributed by atoms with van der Waals surface area (Å²) in [5.41, 5.74) is 1.09. The van der Waals surface area contributed by atoms with E-state index in [4.69, 9.17) is 15.3 Å². The number of nitriles is 2. The van der Waals surface area contributed by atoms with E-state index in [0.717, 1.165) is 5.57 Å². The summed E-state index contributed by atoms with van der Waals surface area (Å²) >= 11 is 0. The van der Waals surface area contributed by atoms with Gasteiger partial charge in [0.15, 0.2) is 0 Å². The van der Waals surface area contributed by atoms with Crippen LogP contribution in [0.5, 0.6) is 0 Å². The molecule has 0 aromatic heterocycles. The van der Waals surface area contributed by atoms with Crippen LogP contribution in [0.1, 0.15) is 32.6 Å². The first-order valence-corrected chi connectivity index (χ1v) is 5.41. The van der Waals surface area contributed by atoms with Crippen LogP contribution in [0.3, 0.4) is 0 Å². The maximum Gasteiger partial charge on any atom is 0.308 e. The van der Waals surface area contributed by atoms with E-state index in [2.05, 4.69) is 0 Å². The molecule has 1 saturated carbocycles. The predicted octanol–water partition coefficient (Wildman–Crippen LogP) is 2.08. The molecule has 1 fully saturated rings. The van der Waals surface area contributed by atoms with Crippen LogP contribution < -0.4 is 0 Å². The second kappa shape index (κ2) is 5.92. The molecule has 0 radical (unpaired) electrons. The Morgan fingerprint density at radius 1 is 1.38 bits per heavy atom. The normalized spacial score (nSPS) is 19.4. The van der Waals surface area contributed by atoms with Crippen molar-refractivity contribution in [3.8, 4) is 12.1 Å². The zero-order valence-electron chi connectivity index (χ0n) is 9.32. The van der Waals surface area contributed by atoms with Gasteiger partial charge in [0.1, 0.15) is 17.7 Å². The van der Waals surface area contributed by atoms with E-state index in [1.807, 2.05) is 12.1 Å². The van der Waals surface area contributed by atoms with Crippen molar-refractivity contribution in [2.45, 2.75) is 32.6 Å². The Kier molecular flexibility index (Phi) is 4.54. The highest BCUT2D eigenvalue weighted by Gasteiger charge is 2.25. The van der Waals surface area contributed by atoms with Gasteiger partial charge in [0.05, 0.1) is 12.5 Å². The van der Waals surface area contributed by atoms with Crippen LogP contribution in [0.25, 0.3) is 0 Å². The fraction of sp³-hybridized carbons (Fsp3) is 0.583. The lowest BCUT2D eigenvalue weighted by molar-refractivity contribution is -0.148. The largest absolute Gasteiger partial charge is 0.466 e. The lowest BCUT2D eigenvalue weighted by Crippen LogP contribution is -2.21. The molecule has 0 saturated heterocycles. The Balaban J connectivity index is 2.59. The van der Waals surface area contributed by atoms with E-state index in [0.29, 0.717) is 32.3 Å². The van der Waals surface area contributed by atoms with Crippen molar-refractivity contribution in [2.75, 3.05) is 6.61 Å². The van der Waals surface area contributed by atoms with E-state index in [-0.39, 0.29) is 17.5 Å². The van der Waals surface area contributed by atoms with Crippen LogP contribution in [-0.2, 0) is 9.53 Å². The zero-order chi connectivity index (χ0) is 12.0. The van der Waals surface area contributed by atoms with Crippen molar-refractivity contribution in [3.63, 3.8) is 0 Å². The Labute approximate surface area is 95.1 Å². The topological polar surface area (TPSA) is 73.9 Å². The number of ether oxygens (including phenoxy) is 1. The van der Waals surface area contributed by atoms with Gasteiger partial charge >= 0.3 is 5.97 Å². The van der Waals surface area contributed by atoms with Gasteiger partial charge in [0.25, 0.3) is 0 Å². The number of allylic oxidation sites excluding steroid dienone is 2. The molecule has 0 aromatic rings. The number of hydrogen-bond acceptors (Lipinski definition) is 4. The maximum absolute atomic E-state index is 11.4. The molecule has 0 unspecified atom stereocenters. The van der Waals surface area contributed by atoms with Gasteiger partial charge in [0.2, 0.25) is 0 Å². The van der Waals surface area contributed by atoms with Gasteiger partial charge in [-0.15, -0.1) is 0 Å². The monoisotopic (exact) mass is 218 g/mol. The van der Waals surface area contributed by atoms with E-state index in [1.54, 1.807) is 6.92 Å². The molecule has 1 aliphatic carbocycles. The number of hydrogen-bond donors (Lipinski definition) is 0. The third-order valence-corrected chi connectivity index (χ3v) is 2.79. The highest BCUT2D eigenvalue weighted by molar-refractivity contribution is 5.72. The fourth-order valence-corrected chi connectivity index (χ4v) is 1.90. The third kappa shape index (κ3) is 2.84. The van der Waals surface area contributed by atoms with E-state index >= 15 is 0 Å². The van der Waals surface area contributed by atoms with E-state index < -0.39 is 0 Å². The predicted molar refractivity (Wildman–Crippen MR) is 56.8 cm³/mol. The smallest absolute Gasteiger partial charge is 0.308 e. The van der Waals surface area contributed by atoms with Gasteiger partial charge in [-0.05, 0) is 38.2 Å². The van der Waals surface area contributed by atoms with Crippen molar-refractivity contribution < 1.29 is 9.53 Å². The zero-order valence-corrected chi connectivity index (χ0v) is 9.32. The van der Waals surface area contributed by atoms with Crippen molar-refractivity contribution >= 4 is 5.97 Å². The molecule has 1 aliphatic rings. The first-order chi connectivity index (χ1) is 7.72. The summed E-state index contributed by atoms with van der Waals surface area (Å²) < 4.78 is 4.94. The number of rotatable bonds is 2. The van der Waals surface area contributed by atoms with Crippen LogP contribution in [0.2, 0.25) is 0 Å². The van der Waals surface area contributed by atoms with Crippen LogP contribution >= 0.6 is 0 Å². The second-order valence-corrected chi connectivity index (χ2v) is 3.73. The molecule has 0 aliphatic heterocycles. The molecule has 0 spiro atoms. The van der Waals surface area contributed by atoms with E-state index in [9.17, 15) is 4.79 Å². The van der Waals surface area contributed by atoms with Crippen molar-refractivity contribution in [2.24, 2.45) is 5.92 Å². The van der Waals surface area contributed by atoms with Gasteiger partial charge in [-0.2, -0.15) is 10.5 Å². The Bertz CT molecular complexity index is 359. The van der Waals surface area contributed by atoms with Crippen molar-refractivity contribution in [1.29, 1.82) is 10.5 Å². The molecule has 16 heavy (non-hydrogen) atoms. The third-order valence-electron chi connectivity index (χ3n) is 2.79. The molecule has 0 aromatic carbocycles. The summed E-state index contributed by atoms with van der Waals surface area (Å²) in [5.74, 6) is -0.223. The molecule has 0 bridgehead atoms. The van der Waals surface area contributed by atoms with Crippen LogP contribution in [-0.4, -0.2) is 12.6 Å². The van der Waals surface area contributed by atoms with Gasteiger partial charge in [0, 0.05) is 0 Å². The van der Waals surface area contributed by atoms with Crippen LogP contribution in [0.15, 0.2) is 11.1 Å². The summed E-state index contributed by atoms with van der Waals surface area (Å²) in [4.78, 5) is 11.4. The number of carbonyl (C=O) groups is 1. The number of carbonyl (C=O) groups excluding carboxylic acids is 1. The van der Waals surface area contributed by atoms with Gasteiger partial charge in [-0.25, -0.2) is 0 Å². The minimum atomic E-state index is -0.156. The Hall–Kier alpha value is -1.81. The number of esters is 1. The molecule has 84 valence electrons. The molecule has 0 atom stereocenters. The van der Waals surface area contributed by atoms with Crippen LogP contribution in [0.4, 0.5) is 0 Å². The molecule has 0 N–H and O–H groups in total. The highest BCUT2D eigenvalue weighted by Crippen LogP contribution is 2.30. The molecule has 0 heterocycles. The first kappa shape index (κ1) is 12.3. The van der Waals surface area contributed by atoms with Crippen molar-refractivity contribution in [3.05, 3.63) is 11.1 Å². The SMILES string of the molecule is CCOC(=O)C1CCC(=C(C#N)C#N)CC1. The summed E-state index contributed by atoms with van der Waals surface area (Å²) in [6.07, 6.45) is 2.67. The van der Waals surface area contributed by atoms with Gasteiger partial charge < -0.3 is 4.74 Å². The Morgan fingerprint density at radius 3 is 2.38 bits per heavy atom. The molecule has 1 rings (SSSR count). The first-order valence-electron chi connectivity index (χ1n) is 5.41. The molecular weight excluding hydrogens is 204 g/mol. The van der Waals surface area contributed by atoms with Crippen molar-refractivity contribution in [1.82, 2.24) is 0 Å². The lowest BCUT2D eigenvalue weighted by atomic mass is 9.84. The lowest BCUT2D eigenvalue weighted by Gasteiger charge is -2.22. The standard InChI is InChI=1S/C12H14N2O2/c1-2-16-12(15)10-5-3-9(4-6-10)11(7-13)8-14/h10H,2-6H2,1H3. The molecule has 0 amide bonds. The Morgan fingerprint density at radius 2 is 1.94 bits per heavy atom. The second-order valence-electron chi connectivity index (χ2n) is 3.73. The summed E-state index contributed by atoms with van der Waals surface area (Å²) in [6.45, 7) is 2.19. The summed E-state index contributed by atoms with van der Waals surface area (Å²) in [5, 5.41) is 17.4. The number of nitrogens with zero attached hydrogens (tertiary/aromatic N) is 2. The van der Waals surface area contributed by atoms with Gasteiger partial charge in [-0.3, -0.25) is 4.79 Å². The average molecular weight is 218 g/mol.